The number of benzene rings is 2. The fraction of sp³-hybridized carbons (Fsp3) is 0.458. The zero-order valence-electron chi connectivity index (χ0n) is 17.3. The molecule has 5 nitrogen and oxygen atoms in total. The molecule has 29 heavy (non-hydrogen) atoms. The standard InChI is InChI=1S/C24H30N4O/c1-29-21-12-10-19(11-13-21)28-23-9-3-2-8-22(23)25-24(28)18-27-16-6-7-20(27)17-26-14-4-5-15-26/h2-3,8-13,20H,4-7,14-18H2,1H3. The Morgan fingerprint density at radius 2 is 1.76 bits per heavy atom. The van der Waals surface area contributed by atoms with E-state index in [1.807, 2.05) is 12.1 Å². The van der Waals surface area contributed by atoms with Crippen molar-refractivity contribution >= 4 is 11.0 Å². The van der Waals surface area contributed by atoms with E-state index in [4.69, 9.17) is 9.72 Å². The first-order valence-corrected chi connectivity index (χ1v) is 10.9. The smallest absolute Gasteiger partial charge is 0.128 e. The van der Waals surface area contributed by atoms with Crippen LogP contribution >= 0.6 is 0 Å². The summed E-state index contributed by atoms with van der Waals surface area (Å²) in [7, 11) is 1.71. The van der Waals surface area contributed by atoms with E-state index in [9.17, 15) is 0 Å². The molecule has 0 saturated carbocycles. The number of rotatable bonds is 6. The lowest BCUT2D eigenvalue weighted by atomic mass is 10.2. The van der Waals surface area contributed by atoms with Gasteiger partial charge in [0.2, 0.25) is 0 Å². The maximum Gasteiger partial charge on any atom is 0.128 e. The van der Waals surface area contributed by atoms with Crippen molar-refractivity contribution in [3.05, 3.63) is 54.4 Å². The van der Waals surface area contributed by atoms with Crippen molar-refractivity contribution in [2.75, 3.05) is 33.3 Å². The van der Waals surface area contributed by atoms with Gasteiger partial charge in [0.05, 0.1) is 24.7 Å². The summed E-state index contributed by atoms with van der Waals surface area (Å²) in [5.41, 5.74) is 3.38. The molecule has 0 radical (unpaired) electrons. The van der Waals surface area contributed by atoms with Gasteiger partial charge in [-0.3, -0.25) is 9.47 Å². The zero-order valence-corrected chi connectivity index (χ0v) is 17.3. The van der Waals surface area contributed by atoms with E-state index < -0.39 is 0 Å². The van der Waals surface area contributed by atoms with Gasteiger partial charge in [-0.25, -0.2) is 4.98 Å². The minimum Gasteiger partial charge on any atom is -0.497 e. The van der Waals surface area contributed by atoms with E-state index in [2.05, 4.69) is 50.8 Å². The molecule has 0 N–H and O–H groups in total. The Kier molecular flexibility index (Phi) is 5.25. The predicted molar refractivity (Wildman–Crippen MR) is 117 cm³/mol. The summed E-state index contributed by atoms with van der Waals surface area (Å²) < 4.78 is 7.67. The summed E-state index contributed by atoms with van der Waals surface area (Å²) in [4.78, 5) is 10.3. The molecule has 0 amide bonds. The lowest BCUT2D eigenvalue weighted by Gasteiger charge is -2.28. The second-order valence-corrected chi connectivity index (χ2v) is 8.32. The number of likely N-dealkylation sites (tertiary alicyclic amines) is 2. The van der Waals surface area contributed by atoms with Crippen molar-refractivity contribution in [2.45, 2.75) is 38.3 Å². The lowest BCUT2D eigenvalue weighted by Crippen LogP contribution is -2.39. The van der Waals surface area contributed by atoms with E-state index in [-0.39, 0.29) is 0 Å². The van der Waals surface area contributed by atoms with E-state index in [1.165, 1.54) is 57.4 Å². The molecule has 5 rings (SSSR count). The third-order valence-corrected chi connectivity index (χ3v) is 6.47. The molecule has 2 fully saturated rings. The van der Waals surface area contributed by atoms with Crippen LogP contribution in [0.5, 0.6) is 5.75 Å². The number of methoxy groups -OCH3 is 1. The number of fused-ring (bicyclic) bond motifs is 1. The third-order valence-electron chi connectivity index (χ3n) is 6.47. The monoisotopic (exact) mass is 390 g/mol. The van der Waals surface area contributed by atoms with E-state index in [1.54, 1.807) is 7.11 Å². The third kappa shape index (κ3) is 3.77. The van der Waals surface area contributed by atoms with Crippen LogP contribution in [-0.4, -0.2) is 58.7 Å². The number of nitrogens with zero attached hydrogens (tertiary/aromatic N) is 4. The molecule has 1 aromatic heterocycles. The fourth-order valence-corrected chi connectivity index (χ4v) is 4.96. The molecule has 0 aliphatic carbocycles. The van der Waals surface area contributed by atoms with Crippen LogP contribution in [0.25, 0.3) is 16.7 Å². The van der Waals surface area contributed by atoms with Gasteiger partial charge in [0.25, 0.3) is 0 Å². The Morgan fingerprint density at radius 3 is 2.55 bits per heavy atom. The molecule has 5 heteroatoms. The number of hydrogen-bond donors (Lipinski definition) is 0. The molecule has 3 heterocycles. The molecular weight excluding hydrogens is 360 g/mol. The Balaban J connectivity index is 1.46. The molecule has 0 spiro atoms. The van der Waals surface area contributed by atoms with Gasteiger partial charge in [0, 0.05) is 18.3 Å². The number of imidazole rings is 1. The zero-order chi connectivity index (χ0) is 19.6. The summed E-state index contributed by atoms with van der Waals surface area (Å²) in [6, 6.07) is 17.4. The molecule has 0 bridgehead atoms. The quantitative estimate of drug-likeness (QED) is 0.635. The molecule has 2 aromatic carbocycles. The number of ether oxygens (including phenoxy) is 1. The van der Waals surface area contributed by atoms with Crippen molar-refractivity contribution in [2.24, 2.45) is 0 Å². The Labute approximate surface area is 172 Å². The summed E-state index contributed by atoms with van der Waals surface area (Å²) >= 11 is 0. The second-order valence-electron chi connectivity index (χ2n) is 8.32. The maximum absolute atomic E-state index is 5.35. The highest BCUT2D eigenvalue weighted by Crippen LogP contribution is 2.27. The highest BCUT2D eigenvalue weighted by molar-refractivity contribution is 5.78. The number of aromatic nitrogens is 2. The van der Waals surface area contributed by atoms with Crippen LogP contribution < -0.4 is 4.74 Å². The highest BCUT2D eigenvalue weighted by Gasteiger charge is 2.29. The fourth-order valence-electron chi connectivity index (χ4n) is 4.96. The van der Waals surface area contributed by atoms with Crippen LogP contribution in [0.15, 0.2) is 48.5 Å². The number of hydrogen-bond acceptors (Lipinski definition) is 4. The SMILES string of the molecule is COc1ccc(-n2c(CN3CCCC3CN3CCCC3)nc3ccccc32)cc1. The molecule has 2 saturated heterocycles. The maximum atomic E-state index is 5.35. The van der Waals surface area contributed by atoms with Crippen molar-refractivity contribution < 1.29 is 4.74 Å². The Bertz CT molecular complexity index is 959. The van der Waals surface area contributed by atoms with Gasteiger partial charge in [-0.1, -0.05) is 12.1 Å². The van der Waals surface area contributed by atoms with Gasteiger partial charge in [0.1, 0.15) is 11.6 Å². The largest absolute Gasteiger partial charge is 0.497 e. The average Bonchev–Trinajstić information content (AvgIpc) is 3.49. The second kappa shape index (κ2) is 8.17. The molecule has 152 valence electrons. The van der Waals surface area contributed by atoms with Gasteiger partial charge < -0.3 is 9.64 Å². The predicted octanol–water partition coefficient (Wildman–Crippen LogP) is 4.09. The first-order valence-electron chi connectivity index (χ1n) is 10.9. The van der Waals surface area contributed by atoms with Crippen LogP contribution in [0.4, 0.5) is 0 Å². The van der Waals surface area contributed by atoms with Gasteiger partial charge >= 0.3 is 0 Å². The minimum absolute atomic E-state index is 0.650. The van der Waals surface area contributed by atoms with Crippen LogP contribution in [0.2, 0.25) is 0 Å². The molecule has 2 aliphatic rings. The number of para-hydroxylation sites is 2. The molecule has 1 atom stereocenters. The van der Waals surface area contributed by atoms with Crippen LogP contribution in [-0.2, 0) is 6.54 Å². The normalized spacial score (nSPS) is 20.7. The van der Waals surface area contributed by atoms with Crippen molar-refractivity contribution in [3.8, 4) is 11.4 Å². The summed E-state index contributed by atoms with van der Waals surface area (Å²) in [6.07, 6.45) is 5.32. The first kappa shape index (κ1) is 18.6. The highest BCUT2D eigenvalue weighted by atomic mass is 16.5. The van der Waals surface area contributed by atoms with Gasteiger partial charge in [-0.15, -0.1) is 0 Å². The topological polar surface area (TPSA) is 33.5 Å². The van der Waals surface area contributed by atoms with Crippen LogP contribution in [0.1, 0.15) is 31.5 Å². The van der Waals surface area contributed by atoms with Crippen LogP contribution in [0.3, 0.4) is 0 Å². The van der Waals surface area contributed by atoms with Crippen molar-refractivity contribution in [1.29, 1.82) is 0 Å². The van der Waals surface area contributed by atoms with Crippen molar-refractivity contribution in [3.63, 3.8) is 0 Å². The van der Waals surface area contributed by atoms with Crippen LogP contribution in [0, 0.1) is 0 Å². The Hall–Kier alpha value is -2.37. The summed E-state index contributed by atoms with van der Waals surface area (Å²) in [6.45, 7) is 5.83. The van der Waals surface area contributed by atoms with E-state index >= 15 is 0 Å². The van der Waals surface area contributed by atoms with Gasteiger partial charge in [-0.2, -0.15) is 0 Å². The molecule has 1 unspecified atom stereocenters. The average molecular weight is 391 g/mol. The molecule has 3 aromatic rings. The Morgan fingerprint density at radius 1 is 0.966 bits per heavy atom. The van der Waals surface area contributed by atoms with E-state index in [0.717, 1.165) is 29.3 Å². The van der Waals surface area contributed by atoms with Gasteiger partial charge in [-0.05, 0) is 81.7 Å². The minimum atomic E-state index is 0.650. The van der Waals surface area contributed by atoms with Crippen molar-refractivity contribution in [1.82, 2.24) is 19.4 Å². The first-order chi connectivity index (χ1) is 14.3. The van der Waals surface area contributed by atoms with E-state index in [0.29, 0.717) is 6.04 Å². The van der Waals surface area contributed by atoms with Gasteiger partial charge in [0.15, 0.2) is 0 Å². The summed E-state index contributed by atoms with van der Waals surface area (Å²) in [5.74, 6) is 2.01. The lowest BCUT2D eigenvalue weighted by molar-refractivity contribution is 0.182. The molecular formula is C24H30N4O. The summed E-state index contributed by atoms with van der Waals surface area (Å²) in [5, 5.41) is 0. The molecule has 2 aliphatic heterocycles.